The van der Waals surface area contributed by atoms with Crippen LogP contribution < -0.4 is 11.1 Å². The van der Waals surface area contributed by atoms with Crippen molar-refractivity contribution in [3.05, 3.63) is 26.7 Å². The quantitative estimate of drug-likeness (QED) is 0.853. The van der Waals surface area contributed by atoms with Crippen LogP contribution >= 0.6 is 39.1 Å². The Balaban J connectivity index is 2.76. The molecule has 0 aliphatic rings. The molecule has 3 N–H and O–H groups in total. The van der Waals surface area contributed by atoms with Crippen molar-refractivity contribution >= 4 is 50.7 Å². The minimum Gasteiger partial charge on any atom is -0.380 e. The second-order valence-corrected chi connectivity index (χ2v) is 5.32. The molecule has 7 heteroatoms. The molecule has 1 aromatic rings. The van der Waals surface area contributed by atoms with Gasteiger partial charge in [0.25, 0.3) is 0 Å². The molecule has 0 saturated carbocycles. The minimum atomic E-state index is -0.321. The molecule has 0 fully saturated rings. The van der Waals surface area contributed by atoms with E-state index in [2.05, 4.69) is 21.2 Å². The molecule has 0 spiro atoms. The average molecular weight is 356 g/mol. The SMILES string of the molecule is COC(CN)CC(=O)Nc1c(Cl)cc(Br)cc1Cl. The molecule has 4 nitrogen and oxygen atoms in total. The van der Waals surface area contributed by atoms with Crippen molar-refractivity contribution in [2.45, 2.75) is 12.5 Å². The van der Waals surface area contributed by atoms with Gasteiger partial charge in [-0.1, -0.05) is 39.1 Å². The van der Waals surface area contributed by atoms with E-state index in [-0.39, 0.29) is 25.0 Å². The third kappa shape index (κ3) is 4.40. The molecule has 0 heterocycles. The molecular weight excluding hydrogens is 343 g/mol. The zero-order valence-electron chi connectivity index (χ0n) is 9.67. The third-order valence-corrected chi connectivity index (χ3v) is 3.33. The summed E-state index contributed by atoms with van der Waals surface area (Å²) in [5, 5.41) is 3.38. The van der Waals surface area contributed by atoms with Gasteiger partial charge in [0, 0.05) is 18.1 Å². The van der Waals surface area contributed by atoms with Crippen molar-refractivity contribution in [1.82, 2.24) is 0 Å². The molecule has 18 heavy (non-hydrogen) atoms. The van der Waals surface area contributed by atoms with E-state index in [1.165, 1.54) is 7.11 Å². The summed E-state index contributed by atoms with van der Waals surface area (Å²) in [6, 6.07) is 3.31. The summed E-state index contributed by atoms with van der Waals surface area (Å²) in [7, 11) is 1.50. The first-order valence-electron chi connectivity index (χ1n) is 5.15. The predicted octanol–water partition coefficient (Wildman–Crippen LogP) is 3.06. The molecule has 0 bridgehead atoms. The number of carbonyl (C=O) groups is 1. The highest BCUT2D eigenvalue weighted by Gasteiger charge is 2.15. The number of ether oxygens (including phenoxy) is 1. The van der Waals surface area contributed by atoms with E-state index < -0.39 is 0 Å². The molecule has 0 aliphatic heterocycles. The van der Waals surface area contributed by atoms with Gasteiger partial charge in [0.2, 0.25) is 5.91 Å². The summed E-state index contributed by atoms with van der Waals surface area (Å²) in [6.07, 6.45) is -0.173. The number of amides is 1. The fourth-order valence-electron chi connectivity index (χ4n) is 1.32. The van der Waals surface area contributed by atoms with Gasteiger partial charge in [-0.05, 0) is 12.1 Å². The smallest absolute Gasteiger partial charge is 0.227 e. The minimum absolute atomic E-state index is 0.149. The van der Waals surface area contributed by atoms with Crippen molar-refractivity contribution in [3.8, 4) is 0 Å². The molecule has 0 aromatic heterocycles. The van der Waals surface area contributed by atoms with Crippen molar-refractivity contribution in [2.75, 3.05) is 19.0 Å². The van der Waals surface area contributed by atoms with E-state index in [4.69, 9.17) is 33.7 Å². The number of rotatable bonds is 5. The van der Waals surface area contributed by atoms with Crippen LogP contribution in [-0.2, 0) is 9.53 Å². The number of nitrogens with one attached hydrogen (secondary N) is 1. The largest absolute Gasteiger partial charge is 0.380 e. The summed E-state index contributed by atoms with van der Waals surface area (Å²) in [5.41, 5.74) is 5.83. The highest BCUT2D eigenvalue weighted by atomic mass is 79.9. The Morgan fingerprint density at radius 3 is 2.50 bits per heavy atom. The molecule has 1 unspecified atom stereocenters. The first-order valence-corrected chi connectivity index (χ1v) is 6.70. The van der Waals surface area contributed by atoms with E-state index >= 15 is 0 Å². The number of nitrogens with two attached hydrogens (primary N) is 1. The highest BCUT2D eigenvalue weighted by molar-refractivity contribution is 9.10. The number of anilines is 1. The maximum atomic E-state index is 11.8. The van der Waals surface area contributed by atoms with Crippen LogP contribution in [0.2, 0.25) is 10.0 Å². The van der Waals surface area contributed by atoms with Gasteiger partial charge in [0.05, 0.1) is 28.3 Å². The Labute approximate surface area is 124 Å². The van der Waals surface area contributed by atoms with E-state index in [1.54, 1.807) is 12.1 Å². The molecule has 1 aromatic carbocycles. The first-order chi connectivity index (χ1) is 8.47. The van der Waals surface area contributed by atoms with Crippen LogP contribution in [0.3, 0.4) is 0 Å². The Kier molecular flexibility index (Phi) is 6.38. The van der Waals surface area contributed by atoms with Gasteiger partial charge < -0.3 is 15.8 Å². The molecule has 0 saturated heterocycles. The molecule has 1 atom stereocenters. The molecular formula is C11H13BrCl2N2O2. The maximum absolute atomic E-state index is 11.8. The molecule has 1 amide bonds. The van der Waals surface area contributed by atoms with Crippen molar-refractivity contribution in [3.63, 3.8) is 0 Å². The topological polar surface area (TPSA) is 64.3 Å². The Morgan fingerprint density at radius 2 is 2.06 bits per heavy atom. The lowest BCUT2D eigenvalue weighted by molar-refractivity contribution is -0.118. The standard InChI is InChI=1S/C11H13BrCl2N2O2/c1-18-7(5-15)4-10(17)16-11-8(13)2-6(12)3-9(11)14/h2-3,7H,4-5,15H2,1H3,(H,16,17). The van der Waals surface area contributed by atoms with Crippen LogP contribution in [0.25, 0.3) is 0 Å². The third-order valence-electron chi connectivity index (χ3n) is 2.28. The zero-order chi connectivity index (χ0) is 13.7. The monoisotopic (exact) mass is 354 g/mol. The summed E-state index contributed by atoms with van der Waals surface area (Å²) < 4.78 is 5.77. The van der Waals surface area contributed by atoms with Gasteiger partial charge in [-0.3, -0.25) is 4.79 Å². The number of benzene rings is 1. The number of halogens is 3. The predicted molar refractivity (Wildman–Crippen MR) is 77.3 cm³/mol. The second kappa shape index (κ2) is 7.31. The number of hydrogen-bond donors (Lipinski definition) is 2. The zero-order valence-corrected chi connectivity index (χ0v) is 12.8. The Morgan fingerprint density at radius 1 is 1.50 bits per heavy atom. The van der Waals surface area contributed by atoms with Gasteiger partial charge in [0.1, 0.15) is 0 Å². The summed E-state index contributed by atoms with van der Waals surface area (Å²) in [6.45, 7) is 0.270. The van der Waals surface area contributed by atoms with Crippen LogP contribution in [-0.4, -0.2) is 25.7 Å². The molecule has 0 aliphatic carbocycles. The molecule has 1 rings (SSSR count). The normalized spacial score (nSPS) is 12.3. The van der Waals surface area contributed by atoms with Crippen LogP contribution in [0.4, 0.5) is 5.69 Å². The highest BCUT2D eigenvalue weighted by Crippen LogP contribution is 2.33. The first kappa shape index (κ1) is 15.7. The Hall–Kier alpha value is -0.330. The maximum Gasteiger partial charge on any atom is 0.227 e. The van der Waals surface area contributed by atoms with Crippen molar-refractivity contribution in [2.24, 2.45) is 5.73 Å². The molecule has 100 valence electrons. The van der Waals surface area contributed by atoms with Gasteiger partial charge in [-0.25, -0.2) is 0 Å². The number of hydrogen-bond acceptors (Lipinski definition) is 3. The van der Waals surface area contributed by atoms with E-state index in [9.17, 15) is 4.79 Å². The molecule has 0 radical (unpaired) electrons. The van der Waals surface area contributed by atoms with E-state index in [0.717, 1.165) is 4.47 Å². The summed E-state index contributed by atoms with van der Waals surface area (Å²) >= 11 is 15.3. The van der Waals surface area contributed by atoms with E-state index in [0.29, 0.717) is 15.7 Å². The second-order valence-electron chi connectivity index (χ2n) is 3.59. The van der Waals surface area contributed by atoms with Crippen LogP contribution in [0.5, 0.6) is 0 Å². The van der Waals surface area contributed by atoms with Gasteiger partial charge in [-0.2, -0.15) is 0 Å². The fraction of sp³-hybridized carbons (Fsp3) is 0.364. The number of methoxy groups -OCH3 is 1. The van der Waals surface area contributed by atoms with Gasteiger partial charge in [0.15, 0.2) is 0 Å². The van der Waals surface area contributed by atoms with Gasteiger partial charge in [-0.15, -0.1) is 0 Å². The lowest BCUT2D eigenvalue weighted by atomic mass is 10.2. The van der Waals surface area contributed by atoms with Crippen LogP contribution in [0, 0.1) is 0 Å². The lowest BCUT2D eigenvalue weighted by Crippen LogP contribution is -2.28. The number of carbonyl (C=O) groups excluding carboxylic acids is 1. The summed E-state index contributed by atoms with van der Waals surface area (Å²) in [4.78, 5) is 11.8. The Bertz CT molecular complexity index is 416. The van der Waals surface area contributed by atoms with Crippen molar-refractivity contribution in [1.29, 1.82) is 0 Å². The summed E-state index contributed by atoms with van der Waals surface area (Å²) in [5.74, 6) is -0.251. The van der Waals surface area contributed by atoms with Gasteiger partial charge >= 0.3 is 0 Å². The lowest BCUT2D eigenvalue weighted by Gasteiger charge is -2.14. The fourth-order valence-corrected chi connectivity index (χ4v) is 2.62. The van der Waals surface area contributed by atoms with Crippen molar-refractivity contribution < 1.29 is 9.53 Å². The van der Waals surface area contributed by atoms with E-state index in [1.807, 2.05) is 0 Å². The van der Waals surface area contributed by atoms with Crippen LogP contribution in [0.1, 0.15) is 6.42 Å². The van der Waals surface area contributed by atoms with Crippen LogP contribution in [0.15, 0.2) is 16.6 Å². The average Bonchev–Trinajstić information content (AvgIpc) is 2.30.